The van der Waals surface area contributed by atoms with Crippen molar-refractivity contribution in [1.82, 2.24) is 15.0 Å². The van der Waals surface area contributed by atoms with Crippen molar-refractivity contribution in [2.24, 2.45) is 0 Å². The maximum Gasteiger partial charge on any atom is 0.264 e. The van der Waals surface area contributed by atoms with E-state index in [9.17, 15) is 8.42 Å². The van der Waals surface area contributed by atoms with Crippen LogP contribution in [0.15, 0.2) is 6.20 Å². The van der Waals surface area contributed by atoms with Gasteiger partial charge in [0.25, 0.3) is 10.1 Å². The number of aromatic nitrogens is 3. The van der Waals surface area contributed by atoms with Gasteiger partial charge in [-0.25, -0.2) is 4.68 Å². The van der Waals surface area contributed by atoms with Crippen LogP contribution in [-0.2, 0) is 33.2 Å². The van der Waals surface area contributed by atoms with Gasteiger partial charge in [0.05, 0.1) is 25.2 Å². The third-order valence-corrected chi connectivity index (χ3v) is 4.98. The molecule has 26 heavy (non-hydrogen) atoms. The molecule has 10 nitrogen and oxygen atoms in total. The van der Waals surface area contributed by atoms with Crippen LogP contribution in [0.3, 0.4) is 0 Å². The highest BCUT2D eigenvalue weighted by Crippen LogP contribution is 2.39. The SMILES string of the molecule is CO[C@@H]1[C@@H](n2cc(C)nn2)[C@H]2OC(C)(C)OC[C@H]2O[C@@H]1COS(C)(=O)=O. The van der Waals surface area contributed by atoms with Crippen LogP contribution < -0.4 is 0 Å². The summed E-state index contributed by atoms with van der Waals surface area (Å²) in [6.45, 7) is 5.62. The van der Waals surface area contributed by atoms with Crippen molar-refractivity contribution in [2.45, 2.75) is 57.0 Å². The molecule has 0 bridgehead atoms. The molecule has 2 aliphatic rings. The standard InChI is InChI=1S/C15H25N3O7S/c1-9-6-18(17-16-9)12-13(21-4)11(8-23-26(5,19)20)24-10-7-22-15(2,3)25-14(10)12/h6,10-14H,7-8H2,1-5H3/t10-,11-,12-,13+,14+/m1/s1. The molecule has 5 atom stereocenters. The molecule has 2 saturated heterocycles. The Kier molecular flexibility index (Phi) is 5.39. The van der Waals surface area contributed by atoms with Crippen LogP contribution in [0.25, 0.3) is 0 Å². The quantitative estimate of drug-likeness (QED) is 0.642. The van der Waals surface area contributed by atoms with Crippen molar-refractivity contribution in [3.05, 3.63) is 11.9 Å². The number of nitrogens with zero attached hydrogens (tertiary/aromatic N) is 3. The van der Waals surface area contributed by atoms with E-state index in [-0.39, 0.29) is 12.6 Å². The maximum absolute atomic E-state index is 11.4. The number of hydrogen-bond acceptors (Lipinski definition) is 9. The van der Waals surface area contributed by atoms with Gasteiger partial charge in [-0.15, -0.1) is 5.10 Å². The monoisotopic (exact) mass is 391 g/mol. The fourth-order valence-corrected chi connectivity index (χ4v) is 3.74. The van der Waals surface area contributed by atoms with Crippen LogP contribution in [0.1, 0.15) is 25.6 Å². The van der Waals surface area contributed by atoms with Crippen molar-refractivity contribution in [2.75, 3.05) is 26.6 Å². The van der Waals surface area contributed by atoms with E-state index in [2.05, 4.69) is 10.3 Å². The number of fused-ring (bicyclic) bond motifs is 1. The predicted molar refractivity (Wildman–Crippen MR) is 89.0 cm³/mol. The van der Waals surface area contributed by atoms with Crippen molar-refractivity contribution in [1.29, 1.82) is 0 Å². The molecular weight excluding hydrogens is 366 g/mol. The van der Waals surface area contributed by atoms with Gasteiger partial charge in [0.1, 0.15) is 30.5 Å². The Morgan fingerprint density at radius 2 is 2.15 bits per heavy atom. The van der Waals surface area contributed by atoms with Crippen LogP contribution in [-0.4, -0.2) is 80.2 Å². The summed E-state index contributed by atoms with van der Waals surface area (Å²) in [5, 5.41) is 8.22. The number of ether oxygens (including phenoxy) is 4. The highest BCUT2D eigenvalue weighted by Gasteiger charge is 2.53. The molecule has 0 aliphatic carbocycles. The predicted octanol–water partition coefficient (Wildman–Crippen LogP) is 0.0377. The molecule has 0 unspecified atom stereocenters. The normalized spacial score (nSPS) is 34.4. The fraction of sp³-hybridized carbons (Fsp3) is 0.867. The number of aryl methyl sites for hydroxylation is 1. The first-order chi connectivity index (χ1) is 12.1. The van der Waals surface area contributed by atoms with Crippen LogP contribution in [0.4, 0.5) is 0 Å². The smallest absolute Gasteiger partial charge is 0.264 e. The van der Waals surface area contributed by atoms with E-state index in [0.717, 1.165) is 11.9 Å². The summed E-state index contributed by atoms with van der Waals surface area (Å²) >= 11 is 0. The number of rotatable bonds is 5. The van der Waals surface area contributed by atoms with E-state index in [1.54, 1.807) is 10.9 Å². The summed E-state index contributed by atoms with van der Waals surface area (Å²) in [4.78, 5) is 0. The molecular formula is C15H25N3O7S. The summed E-state index contributed by atoms with van der Waals surface area (Å²) in [6, 6.07) is -0.378. The van der Waals surface area contributed by atoms with E-state index >= 15 is 0 Å². The van der Waals surface area contributed by atoms with Gasteiger partial charge in [-0.05, 0) is 20.8 Å². The Labute approximate surface area is 152 Å². The first-order valence-electron chi connectivity index (χ1n) is 8.32. The van der Waals surface area contributed by atoms with Crippen LogP contribution in [0, 0.1) is 6.92 Å². The molecule has 0 saturated carbocycles. The summed E-state index contributed by atoms with van der Waals surface area (Å²) in [6.07, 6.45) is 0.774. The Hall–Kier alpha value is -1.11. The molecule has 11 heteroatoms. The lowest BCUT2D eigenvalue weighted by Gasteiger charge is -2.50. The van der Waals surface area contributed by atoms with E-state index in [1.807, 2.05) is 20.8 Å². The minimum absolute atomic E-state index is 0.172. The molecule has 0 radical (unpaired) electrons. The Morgan fingerprint density at radius 3 is 2.73 bits per heavy atom. The first kappa shape index (κ1) is 19.6. The highest BCUT2D eigenvalue weighted by molar-refractivity contribution is 7.85. The van der Waals surface area contributed by atoms with E-state index in [0.29, 0.717) is 6.61 Å². The average molecular weight is 391 g/mol. The zero-order valence-electron chi connectivity index (χ0n) is 15.5. The molecule has 1 aromatic heterocycles. The maximum atomic E-state index is 11.4. The fourth-order valence-electron chi connectivity index (χ4n) is 3.36. The van der Waals surface area contributed by atoms with Gasteiger partial charge in [0, 0.05) is 13.3 Å². The lowest BCUT2D eigenvalue weighted by Crippen LogP contribution is -2.63. The van der Waals surface area contributed by atoms with Crippen LogP contribution in [0.2, 0.25) is 0 Å². The summed E-state index contributed by atoms with van der Waals surface area (Å²) in [7, 11) is -2.08. The average Bonchev–Trinajstić information content (AvgIpc) is 2.96. The van der Waals surface area contributed by atoms with Gasteiger partial charge in [-0.2, -0.15) is 8.42 Å². The van der Waals surface area contributed by atoms with Gasteiger partial charge in [0.15, 0.2) is 5.79 Å². The molecule has 0 N–H and O–H groups in total. The molecule has 2 fully saturated rings. The molecule has 0 amide bonds. The lowest BCUT2D eigenvalue weighted by atomic mass is 9.91. The van der Waals surface area contributed by atoms with E-state index < -0.39 is 40.3 Å². The minimum Gasteiger partial charge on any atom is -0.376 e. The topological polar surface area (TPSA) is 111 Å². The van der Waals surface area contributed by atoms with Gasteiger partial charge in [0.2, 0.25) is 0 Å². The summed E-state index contributed by atoms with van der Waals surface area (Å²) in [5.74, 6) is -0.785. The highest BCUT2D eigenvalue weighted by atomic mass is 32.2. The zero-order chi connectivity index (χ0) is 19.1. The number of methoxy groups -OCH3 is 1. The molecule has 0 aromatic carbocycles. The molecule has 0 spiro atoms. The van der Waals surface area contributed by atoms with Crippen LogP contribution in [0.5, 0.6) is 0 Å². The second-order valence-electron chi connectivity index (χ2n) is 7.03. The molecule has 2 aliphatic heterocycles. The third kappa shape index (κ3) is 4.24. The molecule has 1 aromatic rings. The van der Waals surface area contributed by atoms with Crippen LogP contribution >= 0.6 is 0 Å². The Bertz CT molecular complexity index is 735. The van der Waals surface area contributed by atoms with Crippen molar-refractivity contribution in [3.8, 4) is 0 Å². The van der Waals surface area contributed by atoms with Gasteiger partial charge in [-0.1, -0.05) is 5.21 Å². The lowest BCUT2D eigenvalue weighted by molar-refractivity contribution is -0.350. The van der Waals surface area contributed by atoms with Gasteiger partial charge < -0.3 is 18.9 Å². The zero-order valence-corrected chi connectivity index (χ0v) is 16.3. The Morgan fingerprint density at radius 1 is 1.42 bits per heavy atom. The largest absolute Gasteiger partial charge is 0.376 e. The molecule has 3 rings (SSSR count). The number of hydrogen-bond donors (Lipinski definition) is 0. The van der Waals surface area contributed by atoms with Gasteiger partial charge in [-0.3, -0.25) is 4.18 Å². The van der Waals surface area contributed by atoms with Crippen molar-refractivity contribution < 1.29 is 31.5 Å². The van der Waals surface area contributed by atoms with Gasteiger partial charge >= 0.3 is 0 Å². The molecule has 148 valence electrons. The summed E-state index contributed by atoms with van der Waals surface area (Å²) in [5.41, 5.74) is 0.748. The second kappa shape index (κ2) is 7.13. The summed E-state index contributed by atoms with van der Waals surface area (Å²) < 4.78 is 52.9. The Balaban J connectivity index is 1.92. The van der Waals surface area contributed by atoms with E-state index in [1.165, 1.54) is 7.11 Å². The minimum atomic E-state index is -3.61. The molecule has 3 heterocycles. The second-order valence-corrected chi connectivity index (χ2v) is 8.67. The third-order valence-electron chi connectivity index (χ3n) is 4.42. The van der Waals surface area contributed by atoms with Crippen molar-refractivity contribution in [3.63, 3.8) is 0 Å². The first-order valence-corrected chi connectivity index (χ1v) is 10.1. The van der Waals surface area contributed by atoms with Crippen molar-refractivity contribution >= 4 is 10.1 Å². The van der Waals surface area contributed by atoms with E-state index in [4.69, 9.17) is 23.1 Å².